The predicted molar refractivity (Wildman–Crippen MR) is 119 cm³/mol. The van der Waals surface area contributed by atoms with Crippen LogP contribution < -0.4 is 9.47 Å². The Kier molecular flexibility index (Phi) is 5.41. The Morgan fingerprint density at radius 2 is 1.59 bits per heavy atom. The summed E-state index contributed by atoms with van der Waals surface area (Å²) >= 11 is 0. The zero-order valence-corrected chi connectivity index (χ0v) is 17.5. The highest BCUT2D eigenvalue weighted by Crippen LogP contribution is 2.47. The van der Waals surface area contributed by atoms with Crippen LogP contribution in [0, 0.1) is 6.92 Å². The van der Waals surface area contributed by atoms with Gasteiger partial charge in [0.2, 0.25) is 0 Å². The first-order chi connectivity index (χ1) is 14.1. The van der Waals surface area contributed by atoms with Gasteiger partial charge >= 0.3 is 0 Å². The van der Waals surface area contributed by atoms with Gasteiger partial charge in [0.05, 0.1) is 12.7 Å². The van der Waals surface area contributed by atoms with Crippen molar-refractivity contribution in [2.45, 2.75) is 12.8 Å². The maximum atomic E-state index is 6.52. The Morgan fingerprint density at radius 3 is 2.31 bits per heavy atom. The van der Waals surface area contributed by atoms with Crippen molar-refractivity contribution < 1.29 is 9.47 Å². The maximum absolute atomic E-state index is 6.52. The summed E-state index contributed by atoms with van der Waals surface area (Å²) in [4.78, 5) is 2.20. The monoisotopic (exact) mass is 385 g/mol. The number of nitrogens with zero attached hydrogens (tertiary/aromatic N) is 1. The minimum absolute atomic E-state index is 0.128. The zero-order valence-electron chi connectivity index (χ0n) is 17.5. The van der Waals surface area contributed by atoms with E-state index in [1.165, 1.54) is 22.3 Å². The van der Waals surface area contributed by atoms with E-state index < -0.39 is 0 Å². The molecule has 1 aliphatic heterocycles. The third-order valence-electron chi connectivity index (χ3n) is 5.33. The fourth-order valence-electron chi connectivity index (χ4n) is 4.01. The van der Waals surface area contributed by atoms with E-state index in [2.05, 4.69) is 74.4 Å². The Morgan fingerprint density at radius 1 is 0.897 bits per heavy atom. The Bertz CT molecular complexity index is 1030. The number of para-hydroxylation sites is 2. The molecule has 0 radical (unpaired) electrons. The third kappa shape index (κ3) is 3.79. The van der Waals surface area contributed by atoms with Crippen LogP contribution in [0.1, 0.15) is 28.2 Å². The number of hydrogen-bond acceptors (Lipinski definition) is 3. The molecule has 0 bridgehead atoms. The van der Waals surface area contributed by atoms with E-state index in [-0.39, 0.29) is 5.92 Å². The van der Waals surface area contributed by atoms with Crippen LogP contribution >= 0.6 is 0 Å². The molecule has 0 saturated carbocycles. The van der Waals surface area contributed by atoms with Crippen LogP contribution in [0.3, 0.4) is 0 Å². The molecule has 0 N–H and O–H groups in total. The molecule has 4 rings (SSSR count). The molecule has 3 aromatic rings. The van der Waals surface area contributed by atoms with Gasteiger partial charge in [-0.25, -0.2) is 0 Å². The lowest BCUT2D eigenvalue weighted by atomic mass is 9.80. The van der Waals surface area contributed by atoms with Crippen LogP contribution in [0.4, 0.5) is 0 Å². The molecule has 0 amide bonds. The number of rotatable bonds is 5. The summed E-state index contributed by atoms with van der Waals surface area (Å²) in [6.45, 7) is 2.92. The summed E-state index contributed by atoms with van der Waals surface area (Å²) in [5, 5.41) is 0. The Hall–Kier alpha value is -3.04. The van der Waals surface area contributed by atoms with Crippen LogP contribution in [0.5, 0.6) is 11.5 Å². The molecule has 0 aliphatic carbocycles. The largest absolute Gasteiger partial charge is 0.496 e. The molecule has 1 atom stereocenters. The van der Waals surface area contributed by atoms with E-state index in [1.54, 1.807) is 7.11 Å². The lowest BCUT2D eigenvalue weighted by Crippen LogP contribution is -2.25. The van der Waals surface area contributed by atoms with Gasteiger partial charge in [-0.1, -0.05) is 60.2 Å². The number of hydrogen-bond donors (Lipinski definition) is 0. The number of benzene rings is 3. The van der Waals surface area contributed by atoms with Gasteiger partial charge in [0.25, 0.3) is 0 Å². The van der Waals surface area contributed by atoms with Crippen molar-refractivity contribution >= 4 is 5.76 Å². The average Bonchev–Trinajstić information content (AvgIpc) is 2.73. The Labute approximate surface area is 173 Å². The Balaban J connectivity index is 1.98. The zero-order chi connectivity index (χ0) is 20.4. The molecule has 0 aromatic heterocycles. The molecule has 3 heteroatoms. The summed E-state index contributed by atoms with van der Waals surface area (Å²) in [5.74, 6) is 2.74. The van der Waals surface area contributed by atoms with E-state index in [0.717, 1.165) is 29.4 Å². The van der Waals surface area contributed by atoms with Gasteiger partial charge in [0.1, 0.15) is 17.3 Å². The SMILES string of the molecule is COc1ccccc1C1=C(CN(C)C)[C@H](c2ccc(C)cc2)c2ccccc2O1. The van der Waals surface area contributed by atoms with E-state index in [9.17, 15) is 0 Å². The number of methoxy groups -OCH3 is 1. The van der Waals surface area contributed by atoms with Crippen LogP contribution in [0.15, 0.2) is 78.4 Å². The van der Waals surface area contributed by atoms with Crippen molar-refractivity contribution in [3.63, 3.8) is 0 Å². The first-order valence-electron chi connectivity index (χ1n) is 9.93. The molecule has 1 aliphatic rings. The number of ether oxygens (including phenoxy) is 2. The quantitative estimate of drug-likeness (QED) is 0.579. The second kappa shape index (κ2) is 8.14. The summed E-state index contributed by atoms with van der Waals surface area (Å²) in [7, 11) is 5.90. The highest BCUT2D eigenvalue weighted by Gasteiger charge is 2.32. The van der Waals surface area contributed by atoms with Crippen molar-refractivity contribution in [1.82, 2.24) is 4.90 Å². The minimum atomic E-state index is 0.128. The smallest absolute Gasteiger partial charge is 0.139 e. The molecule has 3 nitrogen and oxygen atoms in total. The lowest BCUT2D eigenvalue weighted by Gasteiger charge is -2.33. The molecule has 3 aromatic carbocycles. The van der Waals surface area contributed by atoms with Gasteiger partial charge in [-0.15, -0.1) is 0 Å². The molecule has 0 spiro atoms. The fraction of sp³-hybridized carbons (Fsp3) is 0.231. The van der Waals surface area contributed by atoms with Crippen LogP contribution in [0.25, 0.3) is 5.76 Å². The van der Waals surface area contributed by atoms with Crippen LogP contribution in [-0.2, 0) is 0 Å². The third-order valence-corrected chi connectivity index (χ3v) is 5.33. The summed E-state index contributed by atoms with van der Waals surface area (Å²) in [6.07, 6.45) is 0. The van der Waals surface area contributed by atoms with Gasteiger partial charge in [0.15, 0.2) is 0 Å². The van der Waals surface area contributed by atoms with Crippen LogP contribution in [0.2, 0.25) is 0 Å². The van der Waals surface area contributed by atoms with Crippen LogP contribution in [-0.4, -0.2) is 32.6 Å². The summed E-state index contributed by atoms with van der Waals surface area (Å²) in [6, 6.07) is 25.3. The van der Waals surface area contributed by atoms with Crippen molar-refractivity contribution in [2.24, 2.45) is 0 Å². The van der Waals surface area contributed by atoms with Crippen molar-refractivity contribution in [3.8, 4) is 11.5 Å². The lowest BCUT2D eigenvalue weighted by molar-refractivity contribution is 0.399. The number of likely N-dealkylation sites (N-methyl/N-ethyl adjacent to an activating group) is 1. The molecule has 0 fully saturated rings. The van der Waals surface area contributed by atoms with Crippen molar-refractivity contribution in [3.05, 3.63) is 101 Å². The molecule has 0 saturated heterocycles. The minimum Gasteiger partial charge on any atom is -0.496 e. The topological polar surface area (TPSA) is 21.7 Å². The first kappa shape index (κ1) is 19.3. The van der Waals surface area contributed by atoms with Crippen molar-refractivity contribution in [1.29, 1.82) is 0 Å². The van der Waals surface area contributed by atoms with Crippen molar-refractivity contribution in [2.75, 3.05) is 27.7 Å². The van der Waals surface area contributed by atoms with E-state index >= 15 is 0 Å². The normalized spacial score (nSPS) is 15.8. The van der Waals surface area contributed by atoms with Gasteiger partial charge in [-0.05, 0) is 50.4 Å². The molecule has 148 valence electrons. The van der Waals surface area contributed by atoms with E-state index in [0.29, 0.717) is 0 Å². The number of fused-ring (bicyclic) bond motifs is 1. The van der Waals surface area contributed by atoms with Gasteiger partial charge in [-0.3, -0.25) is 0 Å². The standard InChI is InChI=1S/C26H27NO2/c1-18-13-15-19(16-14-18)25-20-9-5-8-12-24(20)29-26(22(25)17-27(2)3)21-10-6-7-11-23(21)28-4/h5-16,25H,17H2,1-4H3/t25-/m1/s1. The second-order valence-electron chi connectivity index (χ2n) is 7.78. The maximum Gasteiger partial charge on any atom is 0.139 e. The summed E-state index contributed by atoms with van der Waals surface area (Å²) < 4.78 is 12.2. The fourth-order valence-corrected chi connectivity index (χ4v) is 4.01. The van der Waals surface area contributed by atoms with Gasteiger partial charge < -0.3 is 14.4 Å². The summed E-state index contributed by atoms with van der Waals surface area (Å²) in [5.41, 5.74) is 5.96. The van der Waals surface area contributed by atoms with E-state index in [4.69, 9.17) is 9.47 Å². The second-order valence-corrected chi connectivity index (χ2v) is 7.78. The molecule has 29 heavy (non-hydrogen) atoms. The predicted octanol–water partition coefficient (Wildman–Crippen LogP) is 5.50. The highest BCUT2D eigenvalue weighted by molar-refractivity contribution is 5.75. The molecule has 0 unspecified atom stereocenters. The molecule has 1 heterocycles. The first-order valence-corrected chi connectivity index (χ1v) is 9.93. The van der Waals surface area contributed by atoms with E-state index in [1.807, 2.05) is 24.3 Å². The van der Waals surface area contributed by atoms with Gasteiger partial charge in [-0.2, -0.15) is 0 Å². The highest BCUT2D eigenvalue weighted by atomic mass is 16.5. The molecular formula is C26H27NO2. The molecular weight excluding hydrogens is 358 g/mol. The number of aryl methyl sites for hydroxylation is 1. The average molecular weight is 386 g/mol. The van der Waals surface area contributed by atoms with Gasteiger partial charge in [0, 0.05) is 18.0 Å².